The van der Waals surface area contributed by atoms with Crippen LogP contribution in [0.15, 0.2) is 48.8 Å². The molecule has 0 fully saturated rings. The minimum atomic E-state index is -0.771. The van der Waals surface area contributed by atoms with E-state index in [1.54, 1.807) is 48.8 Å². The number of nitrogens with one attached hydrogen (secondary N) is 2. The van der Waals surface area contributed by atoms with Gasteiger partial charge in [-0.3, -0.25) is 4.79 Å². The first-order chi connectivity index (χ1) is 10.7. The molecule has 0 unspecified atom stereocenters. The van der Waals surface area contributed by atoms with Crippen LogP contribution in [0.4, 0.5) is 0 Å². The average Bonchev–Trinajstić information content (AvgIpc) is 2.96. The van der Waals surface area contributed by atoms with Gasteiger partial charge in [-0.1, -0.05) is 23.7 Å². The largest absolute Gasteiger partial charge is 0.345 e. The van der Waals surface area contributed by atoms with Crippen LogP contribution in [0.2, 0.25) is 5.02 Å². The van der Waals surface area contributed by atoms with E-state index in [-0.39, 0.29) is 5.91 Å². The van der Waals surface area contributed by atoms with Gasteiger partial charge in [0.2, 0.25) is 0 Å². The summed E-state index contributed by atoms with van der Waals surface area (Å²) in [6, 6.07) is 11.7. The quantitative estimate of drug-likeness (QED) is 0.779. The highest BCUT2D eigenvalue weighted by Crippen LogP contribution is 2.20. The maximum absolute atomic E-state index is 12.4. The number of aromatic amines is 1. The number of carbonyl (C=O) groups is 1. The number of rotatable bonds is 3. The number of aromatic nitrogens is 2. The summed E-state index contributed by atoms with van der Waals surface area (Å²) in [6.45, 7) is 0. The van der Waals surface area contributed by atoms with Gasteiger partial charge in [0.1, 0.15) is 11.7 Å². The minimum absolute atomic E-state index is 0.342. The molecule has 0 bridgehead atoms. The topological polar surface area (TPSA) is 81.6 Å². The van der Waals surface area contributed by atoms with Crippen molar-refractivity contribution < 1.29 is 4.79 Å². The predicted octanol–water partition coefficient (Wildman–Crippen LogP) is 3.21. The Labute approximate surface area is 131 Å². The van der Waals surface area contributed by atoms with Crippen molar-refractivity contribution >= 4 is 28.5 Å². The van der Waals surface area contributed by atoms with E-state index in [9.17, 15) is 10.1 Å². The maximum atomic E-state index is 12.4. The van der Waals surface area contributed by atoms with Crippen LogP contribution in [-0.2, 0) is 0 Å². The zero-order valence-electron chi connectivity index (χ0n) is 11.4. The number of halogens is 1. The van der Waals surface area contributed by atoms with E-state index in [4.69, 9.17) is 11.6 Å². The summed E-state index contributed by atoms with van der Waals surface area (Å²) in [5.74, 6) is -0.342. The third-order valence-electron chi connectivity index (χ3n) is 3.28. The Morgan fingerprint density at radius 1 is 1.36 bits per heavy atom. The van der Waals surface area contributed by atoms with Gasteiger partial charge in [-0.15, -0.1) is 0 Å². The van der Waals surface area contributed by atoms with Crippen LogP contribution in [0, 0.1) is 11.3 Å². The second kappa shape index (κ2) is 5.88. The van der Waals surface area contributed by atoms with Gasteiger partial charge in [0.15, 0.2) is 0 Å². The molecule has 0 spiro atoms. The molecule has 2 N–H and O–H groups in total. The zero-order valence-corrected chi connectivity index (χ0v) is 12.1. The molecule has 2 heterocycles. The van der Waals surface area contributed by atoms with Gasteiger partial charge in [0.25, 0.3) is 5.91 Å². The van der Waals surface area contributed by atoms with Crippen molar-refractivity contribution in [3.63, 3.8) is 0 Å². The van der Waals surface area contributed by atoms with Crippen LogP contribution in [0.25, 0.3) is 11.0 Å². The summed E-state index contributed by atoms with van der Waals surface area (Å²) < 4.78 is 0. The Bertz CT molecular complexity index is 881. The van der Waals surface area contributed by atoms with Gasteiger partial charge in [-0.25, -0.2) is 4.98 Å². The van der Waals surface area contributed by atoms with Crippen LogP contribution in [0.3, 0.4) is 0 Å². The number of nitriles is 1. The summed E-state index contributed by atoms with van der Waals surface area (Å²) in [6.07, 6.45) is 3.23. The van der Waals surface area contributed by atoms with Gasteiger partial charge in [0, 0.05) is 22.8 Å². The van der Waals surface area contributed by atoms with E-state index >= 15 is 0 Å². The fourth-order valence-electron chi connectivity index (χ4n) is 2.23. The van der Waals surface area contributed by atoms with Crippen molar-refractivity contribution in [2.24, 2.45) is 0 Å². The van der Waals surface area contributed by atoms with Crippen molar-refractivity contribution in [2.75, 3.05) is 0 Å². The van der Waals surface area contributed by atoms with E-state index < -0.39 is 6.04 Å². The molecule has 6 heteroatoms. The second-order valence-electron chi connectivity index (χ2n) is 4.69. The van der Waals surface area contributed by atoms with Crippen molar-refractivity contribution in [1.29, 1.82) is 5.26 Å². The predicted molar refractivity (Wildman–Crippen MR) is 83.4 cm³/mol. The number of carbonyl (C=O) groups excluding carboxylic acids is 1. The lowest BCUT2D eigenvalue weighted by Crippen LogP contribution is -2.27. The van der Waals surface area contributed by atoms with Crippen molar-refractivity contribution in [2.45, 2.75) is 6.04 Å². The first-order valence-electron chi connectivity index (χ1n) is 6.57. The van der Waals surface area contributed by atoms with Crippen molar-refractivity contribution in [3.8, 4) is 6.07 Å². The molecule has 22 heavy (non-hydrogen) atoms. The molecule has 0 aliphatic carbocycles. The second-order valence-corrected chi connectivity index (χ2v) is 5.13. The Hall–Kier alpha value is -2.84. The van der Waals surface area contributed by atoms with Crippen LogP contribution in [0.1, 0.15) is 22.0 Å². The molecule has 3 aromatic rings. The Balaban J connectivity index is 1.88. The lowest BCUT2D eigenvalue weighted by molar-refractivity contribution is 0.0947. The lowest BCUT2D eigenvalue weighted by atomic mass is 10.1. The first kappa shape index (κ1) is 14.1. The summed E-state index contributed by atoms with van der Waals surface area (Å²) >= 11 is 5.92. The molecule has 1 amide bonds. The number of hydrogen-bond acceptors (Lipinski definition) is 3. The molecule has 0 radical (unpaired) electrons. The number of H-pyrrole nitrogens is 1. The third kappa shape index (κ3) is 2.65. The van der Waals surface area contributed by atoms with Gasteiger partial charge in [-0.05, 0) is 29.8 Å². The standard InChI is InChI=1S/C16H11ClN4O/c17-11-4-1-3-10(7-11)14(8-18)21-16(22)13-9-20-15-12(13)5-2-6-19-15/h1-7,9,14H,(H,19,20)(H,21,22)/t14-/m0/s1. The normalized spacial score (nSPS) is 11.8. The van der Waals surface area contributed by atoms with Crippen LogP contribution in [0.5, 0.6) is 0 Å². The van der Waals surface area contributed by atoms with E-state index in [0.717, 1.165) is 0 Å². The maximum Gasteiger partial charge on any atom is 0.254 e. The Kier molecular flexibility index (Phi) is 3.77. The summed E-state index contributed by atoms with van der Waals surface area (Å²) in [7, 11) is 0. The molecule has 5 nitrogen and oxygen atoms in total. The molecule has 0 aliphatic rings. The molecule has 0 saturated carbocycles. The van der Waals surface area contributed by atoms with Crippen LogP contribution < -0.4 is 5.32 Å². The molecular weight excluding hydrogens is 300 g/mol. The Morgan fingerprint density at radius 2 is 2.23 bits per heavy atom. The number of pyridine rings is 1. The highest BCUT2D eigenvalue weighted by molar-refractivity contribution is 6.30. The van der Waals surface area contributed by atoms with Crippen LogP contribution in [-0.4, -0.2) is 15.9 Å². The van der Waals surface area contributed by atoms with E-state index in [1.807, 2.05) is 0 Å². The molecule has 1 aromatic carbocycles. The number of hydrogen-bond donors (Lipinski definition) is 2. The average molecular weight is 311 g/mol. The van der Waals surface area contributed by atoms with Gasteiger partial charge >= 0.3 is 0 Å². The third-order valence-corrected chi connectivity index (χ3v) is 3.52. The lowest BCUT2D eigenvalue weighted by Gasteiger charge is -2.11. The Morgan fingerprint density at radius 3 is 3.00 bits per heavy atom. The molecule has 0 aliphatic heterocycles. The summed E-state index contributed by atoms with van der Waals surface area (Å²) in [5.41, 5.74) is 1.72. The summed E-state index contributed by atoms with van der Waals surface area (Å²) in [4.78, 5) is 19.5. The fraction of sp³-hybridized carbons (Fsp3) is 0.0625. The summed E-state index contributed by atoms with van der Waals surface area (Å²) in [5, 5.41) is 13.2. The molecule has 0 saturated heterocycles. The van der Waals surface area contributed by atoms with E-state index in [2.05, 4.69) is 21.4 Å². The van der Waals surface area contributed by atoms with E-state index in [0.29, 0.717) is 27.2 Å². The molecular formula is C16H11ClN4O. The van der Waals surface area contributed by atoms with Gasteiger partial charge in [0.05, 0.1) is 11.6 Å². The number of amides is 1. The highest BCUT2D eigenvalue weighted by atomic mass is 35.5. The number of benzene rings is 1. The zero-order chi connectivity index (χ0) is 15.5. The molecule has 3 rings (SSSR count). The smallest absolute Gasteiger partial charge is 0.254 e. The molecule has 108 valence electrons. The van der Waals surface area contributed by atoms with Crippen LogP contribution >= 0.6 is 11.6 Å². The van der Waals surface area contributed by atoms with Gasteiger partial charge in [-0.2, -0.15) is 5.26 Å². The monoisotopic (exact) mass is 310 g/mol. The van der Waals surface area contributed by atoms with E-state index in [1.165, 1.54) is 0 Å². The van der Waals surface area contributed by atoms with Gasteiger partial charge < -0.3 is 10.3 Å². The fourth-order valence-corrected chi connectivity index (χ4v) is 2.43. The SMILES string of the molecule is N#C[C@H](NC(=O)c1c[nH]c2ncccc12)c1cccc(Cl)c1. The molecule has 2 aromatic heterocycles. The highest BCUT2D eigenvalue weighted by Gasteiger charge is 2.18. The minimum Gasteiger partial charge on any atom is -0.345 e. The number of fused-ring (bicyclic) bond motifs is 1. The first-order valence-corrected chi connectivity index (χ1v) is 6.95. The molecule has 1 atom stereocenters. The van der Waals surface area contributed by atoms with Crippen molar-refractivity contribution in [3.05, 3.63) is 64.9 Å². The number of nitrogens with zero attached hydrogens (tertiary/aromatic N) is 2. The van der Waals surface area contributed by atoms with Crippen molar-refractivity contribution in [1.82, 2.24) is 15.3 Å².